The quantitative estimate of drug-likeness (QED) is 0.590. The molecule has 4 rings (SSSR count). The Morgan fingerprint density at radius 2 is 1.97 bits per heavy atom. The highest BCUT2D eigenvalue weighted by Gasteiger charge is 2.27. The molecule has 1 aliphatic rings. The van der Waals surface area contributed by atoms with Gasteiger partial charge in [-0.15, -0.1) is 0 Å². The third-order valence-corrected chi connectivity index (χ3v) is 5.55. The Morgan fingerprint density at radius 3 is 2.72 bits per heavy atom. The van der Waals surface area contributed by atoms with Gasteiger partial charge >= 0.3 is 0 Å². The Bertz CT molecular complexity index is 1070. The normalized spacial score (nSPS) is 16.2. The molecular formula is C26H29N3O3. The van der Waals surface area contributed by atoms with Crippen molar-refractivity contribution in [3.8, 4) is 16.9 Å². The average Bonchev–Trinajstić information content (AvgIpc) is 2.83. The first-order valence-electron chi connectivity index (χ1n) is 10.8. The number of rotatable bonds is 6. The number of carbonyl (C=O) groups is 1. The fourth-order valence-corrected chi connectivity index (χ4v) is 3.93. The predicted octanol–water partition coefficient (Wildman–Crippen LogP) is 4.03. The van der Waals surface area contributed by atoms with E-state index in [0.29, 0.717) is 25.3 Å². The van der Waals surface area contributed by atoms with Gasteiger partial charge in [-0.25, -0.2) is 0 Å². The van der Waals surface area contributed by atoms with Crippen LogP contribution in [0.2, 0.25) is 0 Å². The molecule has 1 amide bonds. The van der Waals surface area contributed by atoms with Crippen LogP contribution in [0.5, 0.6) is 5.75 Å². The van der Waals surface area contributed by atoms with E-state index in [-0.39, 0.29) is 12.0 Å². The number of carbonyl (C=O) groups excluding carboxylic acids is 1. The first-order chi connectivity index (χ1) is 15.5. The van der Waals surface area contributed by atoms with E-state index in [1.807, 2.05) is 85.9 Å². The van der Waals surface area contributed by atoms with Gasteiger partial charge in [-0.3, -0.25) is 9.78 Å². The average molecular weight is 432 g/mol. The number of nitrogens with zero attached hydrogens (tertiary/aromatic N) is 3. The molecule has 32 heavy (non-hydrogen) atoms. The summed E-state index contributed by atoms with van der Waals surface area (Å²) in [6.07, 6.45) is 1.61. The zero-order valence-electron chi connectivity index (χ0n) is 18.8. The van der Waals surface area contributed by atoms with Crippen molar-refractivity contribution >= 4 is 5.91 Å². The molecule has 0 aliphatic carbocycles. The molecule has 3 aromatic rings. The Kier molecular flexibility index (Phi) is 6.83. The predicted molar refractivity (Wildman–Crippen MR) is 125 cm³/mol. The summed E-state index contributed by atoms with van der Waals surface area (Å²) in [4.78, 5) is 21.7. The van der Waals surface area contributed by atoms with Crippen LogP contribution in [0, 0.1) is 0 Å². The van der Waals surface area contributed by atoms with E-state index in [0.717, 1.165) is 34.7 Å². The topological polar surface area (TPSA) is 54.9 Å². The number of hydrogen-bond donors (Lipinski definition) is 0. The maximum atomic E-state index is 13.1. The summed E-state index contributed by atoms with van der Waals surface area (Å²) >= 11 is 0. The molecule has 0 N–H and O–H groups in total. The number of aromatic nitrogens is 1. The van der Waals surface area contributed by atoms with E-state index < -0.39 is 0 Å². The zero-order chi connectivity index (χ0) is 22.5. The number of morpholine rings is 1. The van der Waals surface area contributed by atoms with Crippen LogP contribution in [0.25, 0.3) is 11.1 Å². The van der Waals surface area contributed by atoms with Crippen molar-refractivity contribution < 1.29 is 14.3 Å². The van der Waals surface area contributed by atoms with Gasteiger partial charge < -0.3 is 19.3 Å². The first-order valence-corrected chi connectivity index (χ1v) is 10.8. The van der Waals surface area contributed by atoms with Gasteiger partial charge in [0.2, 0.25) is 0 Å². The molecule has 1 saturated heterocycles. The summed E-state index contributed by atoms with van der Waals surface area (Å²) in [6.45, 7) is 2.36. The highest BCUT2D eigenvalue weighted by molar-refractivity contribution is 5.94. The molecule has 166 valence electrons. The van der Waals surface area contributed by atoms with Gasteiger partial charge in [0.1, 0.15) is 11.9 Å². The lowest BCUT2D eigenvalue weighted by Gasteiger charge is -2.33. The minimum Gasteiger partial charge on any atom is -0.497 e. The second kappa shape index (κ2) is 9.94. The Hall–Kier alpha value is -3.22. The van der Waals surface area contributed by atoms with E-state index in [9.17, 15) is 4.79 Å². The second-order valence-electron chi connectivity index (χ2n) is 8.25. The van der Waals surface area contributed by atoms with Crippen LogP contribution in [-0.2, 0) is 11.3 Å². The maximum Gasteiger partial charge on any atom is 0.254 e. The molecule has 1 fully saturated rings. The molecule has 1 aromatic heterocycles. The number of pyridine rings is 1. The smallest absolute Gasteiger partial charge is 0.254 e. The van der Waals surface area contributed by atoms with Crippen LogP contribution >= 0.6 is 0 Å². The van der Waals surface area contributed by atoms with Crippen LogP contribution in [0.3, 0.4) is 0 Å². The summed E-state index contributed by atoms with van der Waals surface area (Å²) in [6, 6.07) is 19.8. The van der Waals surface area contributed by atoms with E-state index in [1.165, 1.54) is 0 Å². The van der Waals surface area contributed by atoms with Gasteiger partial charge in [0, 0.05) is 30.4 Å². The minimum atomic E-state index is -0.239. The van der Waals surface area contributed by atoms with Crippen LogP contribution in [0.1, 0.15) is 27.7 Å². The molecule has 2 heterocycles. The molecule has 0 saturated carbocycles. The summed E-state index contributed by atoms with van der Waals surface area (Å²) < 4.78 is 11.3. The SMILES string of the molecule is COc1cccc(-c2ccc([C@@H]3CN(C(=O)c4cccc(CN(C)C)c4)CCO3)nc2)c1. The Morgan fingerprint density at radius 1 is 1.12 bits per heavy atom. The molecule has 6 nitrogen and oxygen atoms in total. The standard InChI is InChI=1S/C26H29N3O3/c1-28(2)17-19-6-4-8-21(14-19)26(30)29-12-13-32-25(18-29)24-11-10-22(16-27-24)20-7-5-9-23(15-20)31-3/h4-11,14-16,25H,12-13,17-18H2,1-3H3/t25-/m0/s1. The van der Waals surface area contributed by atoms with Gasteiger partial charge in [0.15, 0.2) is 0 Å². The van der Waals surface area contributed by atoms with E-state index in [4.69, 9.17) is 9.47 Å². The number of hydrogen-bond acceptors (Lipinski definition) is 5. The van der Waals surface area contributed by atoms with Gasteiger partial charge in [-0.1, -0.05) is 30.3 Å². The fourth-order valence-electron chi connectivity index (χ4n) is 3.93. The zero-order valence-corrected chi connectivity index (χ0v) is 18.8. The molecular weight excluding hydrogens is 402 g/mol. The van der Waals surface area contributed by atoms with Crippen molar-refractivity contribution in [2.75, 3.05) is 40.9 Å². The largest absolute Gasteiger partial charge is 0.497 e. The highest BCUT2D eigenvalue weighted by atomic mass is 16.5. The fraction of sp³-hybridized carbons (Fsp3) is 0.308. The molecule has 6 heteroatoms. The molecule has 0 bridgehead atoms. The van der Waals surface area contributed by atoms with Gasteiger partial charge in [0.05, 0.1) is 26.0 Å². The van der Waals surface area contributed by atoms with Crippen LogP contribution in [0.4, 0.5) is 0 Å². The monoisotopic (exact) mass is 431 g/mol. The van der Waals surface area contributed by atoms with Gasteiger partial charge in [0.25, 0.3) is 5.91 Å². The molecule has 1 atom stereocenters. The van der Waals surface area contributed by atoms with E-state index in [2.05, 4.69) is 9.88 Å². The highest BCUT2D eigenvalue weighted by Crippen LogP contribution is 2.26. The maximum absolute atomic E-state index is 13.1. The van der Waals surface area contributed by atoms with Crippen LogP contribution in [0.15, 0.2) is 66.9 Å². The van der Waals surface area contributed by atoms with Crippen molar-refractivity contribution in [2.45, 2.75) is 12.6 Å². The summed E-state index contributed by atoms with van der Waals surface area (Å²) in [7, 11) is 5.70. The van der Waals surface area contributed by atoms with Crippen molar-refractivity contribution in [2.24, 2.45) is 0 Å². The minimum absolute atomic E-state index is 0.0342. The summed E-state index contributed by atoms with van der Waals surface area (Å²) in [5.74, 6) is 0.845. The van der Waals surface area contributed by atoms with E-state index in [1.54, 1.807) is 7.11 Å². The van der Waals surface area contributed by atoms with Gasteiger partial charge in [-0.2, -0.15) is 0 Å². The molecule has 0 spiro atoms. The van der Waals surface area contributed by atoms with Crippen molar-refractivity contribution in [3.05, 3.63) is 83.7 Å². The molecule has 1 aliphatic heterocycles. The number of methoxy groups -OCH3 is 1. The van der Waals surface area contributed by atoms with Crippen molar-refractivity contribution in [1.82, 2.24) is 14.8 Å². The van der Waals surface area contributed by atoms with Crippen LogP contribution in [-0.4, -0.2) is 61.6 Å². The lowest BCUT2D eigenvalue weighted by molar-refractivity contribution is -0.0247. The summed E-state index contributed by atoms with van der Waals surface area (Å²) in [5, 5.41) is 0. The lowest BCUT2D eigenvalue weighted by Crippen LogP contribution is -2.42. The van der Waals surface area contributed by atoms with Crippen molar-refractivity contribution in [3.63, 3.8) is 0 Å². The first kappa shape index (κ1) is 22.0. The van der Waals surface area contributed by atoms with Crippen molar-refractivity contribution in [1.29, 1.82) is 0 Å². The number of benzene rings is 2. The van der Waals surface area contributed by atoms with Gasteiger partial charge in [-0.05, 0) is 55.6 Å². The molecule has 0 radical (unpaired) electrons. The number of ether oxygens (including phenoxy) is 2. The Labute approximate surface area is 189 Å². The molecule has 0 unspecified atom stereocenters. The Balaban J connectivity index is 1.46. The number of amides is 1. The third kappa shape index (κ3) is 5.15. The van der Waals surface area contributed by atoms with E-state index >= 15 is 0 Å². The lowest BCUT2D eigenvalue weighted by atomic mass is 10.1. The second-order valence-corrected chi connectivity index (χ2v) is 8.25. The summed E-state index contributed by atoms with van der Waals surface area (Å²) in [5.41, 5.74) is 4.72. The third-order valence-electron chi connectivity index (χ3n) is 5.55. The van der Waals surface area contributed by atoms with Crippen LogP contribution < -0.4 is 4.74 Å². The molecule has 2 aromatic carbocycles.